The summed E-state index contributed by atoms with van der Waals surface area (Å²) in [6.45, 7) is 1.98. The largest absolute Gasteiger partial charge is 0.469 e. The Balaban J connectivity index is 2.06. The monoisotopic (exact) mass is 294 g/mol. The lowest BCUT2D eigenvalue weighted by atomic mass is 9.91. The van der Waals surface area contributed by atoms with Gasteiger partial charge in [0.25, 0.3) is 0 Å². The Labute approximate surface area is 127 Å². The van der Waals surface area contributed by atoms with Gasteiger partial charge >= 0.3 is 5.97 Å². The van der Waals surface area contributed by atoms with Gasteiger partial charge in [-0.25, -0.2) is 0 Å². The standard InChI is InChI=1S/C17H26O4/c1-3-4-6-9-14-12-15(13-16(18)19-2)21-17(20-14)10-7-5-8-11-17/h3-4,6,9,14-15H,5,7-8,10-13H2,1-2H3/b4-3+,9-6+. The van der Waals surface area contributed by atoms with Crippen LogP contribution in [-0.4, -0.2) is 31.1 Å². The molecule has 0 bridgehead atoms. The first-order chi connectivity index (χ1) is 10.2. The molecule has 2 fully saturated rings. The summed E-state index contributed by atoms with van der Waals surface area (Å²) in [6, 6.07) is 0. The fraction of sp³-hybridized carbons (Fsp3) is 0.706. The molecular weight excluding hydrogens is 268 g/mol. The third kappa shape index (κ3) is 4.68. The quantitative estimate of drug-likeness (QED) is 0.588. The smallest absolute Gasteiger partial charge is 0.308 e. The zero-order valence-corrected chi connectivity index (χ0v) is 13.0. The summed E-state index contributed by atoms with van der Waals surface area (Å²) in [5.41, 5.74) is 0. The summed E-state index contributed by atoms with van der Waals surface area (Å²) in [5.74, 6) is -0.718. The second-order valence-electron chi connectivity index (χ2n) is 5.79. The van der Waals surface area contributed by atoms with Crippen molar-refractivity contribution in [1.29, 1.82) is 0 Å². The molecule has 1 aliphatic carbocycles. The molecule has 21 heavy (non-hydrogen) atoms. The van der Waals surface area contributed by atoms with Gasteiger partial charge in [0.15, 0.2) is 5.79 Å². The number of carbonyl (C=O) groups excluding carboxylic acids is 1. The van der Waals surface area contributed by atoms with Crippen molar-refractivity contribution in [3.63, 3.8) is 0 Å². The molecule has 4 heteroatoms. The summed E-state index contributed by atoms with van der Waals surface area (Å²) >= 11 is 0. The van der Waals surface area contributed by atoms with E-state index in [1.54, 1.807) is 0 Å². The van der Waals surface area contributed by atoms with Crippen molar-refractivity contribution in [3.8, 4) is 0 Å². The SMILES string of the molecule is C/C=C/C=C/C1CC(CC(=O)OC)OC2(CCCCC2)O1. The Hall–Kier alpha value is -1.13. The van der Waals surface area contributed by atoms with E-state index >= 15 is 0 Å². The normalized spacial score (nSPS) is 29.2. The highest BCUT2D eigenvalue weighted by molar-refractivity contribution is 5.69. The summed E-state index contributed by atoms with van der Waals surface area (Å²) < 4.78 is 17.1. The lowest BCUT2D eigenvalue weighted by Crippen LogP contribution is -2.49. The Kier molecular flexibility index (Phi) is 6.00. The number of rotatable bonds is 4. The van der Waals surface area contributed by atoms with Crippen molar-refractivity contribution < 1.29 is 19.0 Å². The summed E-state index contributed by atoms with van der Waals surface area (Å²) in [5, 5.41) is 0. The van der Waals surface area contributed by atoms with Crippen LogP contribution >= 0.6 is 0 Å². The molecule has 118 valence electrons. The lowest BCUT2D eigenvalue weighted by molar-refractivity contribution is -0.320. The van der Waals surface area contributed by atoms with E-state index in [0.717, 1.165) is 25.7 Å². The van der Waals surface area contributed by atoms with Crippen molar-refractivity contribution in [1.82, 2.24) is 0 Å². The third-order valence-electron chi connectivity index (χ3n) is 4.11. The molecule has 1 heterocycles. The van der Waals surface area contributed by atoms with Crippen molar-refractivity contribution in [3.05, 3.63) is 24.3 Å². The topological polar surface area (TPSA) is 44.8 Å². The van der Waals surface area contributed by atoms with E-state index in [2.05, 4.69) is 6.08 Å². The van der Waals surface area contributed by atoms with Gasteiger partial charge in [0.2, 0.25) is 0 Å². The highest BCUT2D eigenvalue weighted by atomic mass is 16.7. The molecule has 0 radical (unpaired) electrons. The van der Waals surface area contributed by atoms with Gasteiger partial charge in [-0.1, -0.05) is 30.7 Å². The van der Waals surface area contributed by atoms with Crippen molar-refractivity contribution in [2.24, 2.45) is 0 Å². The minimum absolute atomic E-state index is 0.00251. The maximum atomic E-state index is 11.5. The minimum atomic E-state index is -0.500. The summed E-state index contributed by atoms with van der Waals surface area (Å²) in [7, 11) is 1.42. The number of ether oxygens (including phenoxy) is 3. The lowest BCUT2D eigenvalue weighted by Gasteiger charge is -2.46. The second kappa shape index (κ2) is 7.76. The zero-order chi connectivity index (χ0) is 15.1. The highest BCUT2D eigenvalue weighted by Gasteiger charge is 2.43. The van der Waals surface area contributed by atoms with Crippen LogP contribution in [0.3, 0.4) is 0 Å². The maximum absolute atomic E-state index is 11.5. The van der Waals surface area contributed by atoms with Gasteiger partial charge in [-0.15, -0.1) is 0 Å². The number of esters is 1. The summed E-state index contributed by atoms with van der Waals surface area (Å²) in [4.78, 5) is 11.5. The van der Waals surface area contributed by atoms with E-state index in [-0.39, 0.29) is 18.2 Å². The Bertz CT molecular complexity index is 394. The first-order valence-corrected chi connectivity index (χ1v) is 7.89. The molecule has 1 spiro atoms. The average Bonchev–Trinajstić information content (AvgIpc) is 2.47. The number of hydrogen-bond donors (Lipinski definition) is 0. The Morgan fingerprint density at radius 2 is 2.00 bits per heavy atom. The number of methoxy groups -OCH3 is 1. The van der Waals surface area contributed by atoms with Crippen LogP contribution in [-0.2, 0) is 19.0 Å². The van der Waals surface area contributed by atoms with Crippen molar-refractivity contribution in [2.45, 2.75) is 69.9 Å². The second-order valence-corrected chi connectivity index (χ2v) is 5.79. The van der Waals surface area contributed by atoms with E-state index < -0.39 is 5.79 Å². The van der Waals surface area contributed by atoms with Crippen LogP contribution in [0, 0.1) is 0 Å². The predicted octanol–water partition coefficient (Wildman–Crippen LogP) is 3.52. The van der Waals surface area contributed by atoms with Gasteiger partial charge in [-0.05, 0) is 19.8 Å². The molecule has 0 aromatic heterocycles. The van der Waals surface area contributed by atoms with Crippen LogP contribution < -0.4 is 0 Å². The zero-order valence-electron chi connectivity index (χ0n) is 13.0. The van der Waals surface area contributed by atoms with E-state index in [4.69, 9.17) is 14.2 Å². The van der Waals surface area contributed by atoms with Gasteiger partial charge < -0.3 is 14.2 Å². The average molecular weight is 294 g/mol. The van der Waals surface area contributed by atoms with Crippen LogP contribution in [0.2, 0.25) is 0 Å². The highest BCUT2D eigenvalue weighted by Crippen LogP contribution is 2.40. The van der Waals surface area contributed by atoms with Crippen LogP contribution in [0.15, 0.2) is 24.3 Å². The third-order valence-corrected chi connectivity index (χ3v) is 4.11. The molecule has 0 N–H and O–H groups in total. The van der Waals surface area contributed by atoms with Gasteiger partial charge in [0.1, 0.15) is 0 Å². The van der Waals surface area contributed by atoms with Gasteiger partial charge in [0, 0.05) is 19.3 Å². The molecule has 2 rings (SSSR count). The first kappa shape index (κ1) is 16.2. The predicted molar refractivity (Wildman–Crippen MR) is 80.8 cm³/mol. The van der Waals surface area contributed by atoms with E-state index in [0.29, 0.717) is 12.8 Å². The maximum Gasteiger partial charge on any atom is 0.308 e. The summed E-state index contributed by atoms with van der Waals surface area (Å²) in [6.07, 6.45) is 14.2. The first-order valence-electron chi connectivity index (χ1n) is 7.89. The minimum Gasteiger partial charge on any atom is -0.469 e. The molecule has 1 saturated heterocycles. The van der Waals surface area contributed by atoms with Crippen LogP contribution in [0.25, 0.3) is 0 Å². The molecule has 0 aromatic carbocycles. The molecule has 2 unspecified atom stereocenters. The van der Waals surface area contributed by atoms with Crippen molar-refractivity contribution in [2.75, 3.05) is 7.11 Å². The van der Waals surface area contributed by atoms with Crippen LogP contribution in [0.5, 0.6) is 0 Å². The van der Waals surface area contributed by atoms with E-state index in [1.807, 2.05) is 25.2 Å². The van der Waals surface area contributed by atoms with Crippen molar-refractivity contribution >= 4 is 5.97 Å². The Morgan fingerprint density at radius 3 is 2.67 bits per heavy atom. The molecule has 4 nitrogen and oxygen atoms in total. The molecule has 2 atom stereocenters. The fourth-order valence-electron chi connectivity index (χ4n) is 3.10. The van der Waals surface area contributed by atoms with Gasteiger partial charge in [-0.2, -0.15) is 0 Å². The molecule has 0 aromatic rings. The fourth-order valence-corrected chi connectivity index (χ4v) is 3.10. The molecule has 1 saturated carbocycles. The Morgan fingerprint density at radius 1 is 1.24 bits per heavy atom. The van der Waals surface area contributed by atoms with Crippen LogP contribution in [0.4, 0.5) is 0 Å². The number of allylic oxidation sites excluding steroid dienone is 3. The molecular formula is C17H26O4. The number of hydrogen-bond acceptors (Lipinski definition) is 4. The van der Waals surface area contributed by atoms with Gasteiger partial charge in [0.05, 0.1) is 25.7 Å². The molecule has 0 amide bonds. The van der Waals surface area contributed by atoms with E-state index in [9.17, 15) is 4.79 Å². The number of carbonyl (C=O) groups is 1. The van der Waals surface area contributed by atoms with Crippen LogP contribution in [0.1, 0.15) is 51.9 Å². The molecule has 2 aliphatic rings. The van der Waals surface area contributed by atoms with Gasteiger partial charge in [-0.3, -0.25) is 4.79 Å². The molecule has 1 aliphatic heterocycles. The van der Waals surface area contributed by atoms with E-state index in [1.165, 1.54) is 13.5 Å².